The van der Waals surface area contributed by atoms with E-state index in [-0.39, 0.29) is 5.78 Å². The van der Waals surface area contributed by atoms with E-state index in [9.17, 15) is 4.79 Å². The van der Waals surface area contributed by atoms with Gasteiger partial charge < -0.3 is 19.8 Å². The molecule has 0 atom stereocenters. The van der Waals surface area contributed by atoms with Crippen LogP contribution in [-0.2, 0) is 6.42 Å². The second-order valence-corrected chi connectivity index (χ2v) is 10.3. The maximum atomic E-state index is 12.7. The number of imidazole rings is 1. The Labute approximate surface area is 207 Å². The first-order chi connectivity index (χ1) is 16.8. The van der Waals surface area contributed by atoms with Crippen LogP contribution >= 0.6 is 0 Å². The van der Waals surface area contributed by atoms with E-state index in [0.29, 0.717) is 5.92 Å². The molecule has 6 nitrogen and oxygen atoms in total. The van der Waals surface area contributed by atoms with Crippen LogP contribution in [0.2, 0.25) is 0 Å². The Kier molecular flexibility index (Phi) is 6.24. The van der Waals surface area contributed by atoms with Gasteiger partial charge >= 0.3 is 0 Å². The van der Waals surface area contributed by atoms with Gasteiger partial charge in [-0.05, 0) is 62.6 Å². The number of nitrogens with zero attached hydrogens (tertiary/aromatic N) is 3. The third-order valence-electron chi connectivity index (χ3n) is 7.00. The summed E-state index contributed by atoms with van der Waals surface area (Å²) in [5, 5.41) is 0. The smallest absolute Gasteiger partial charge is 0.162 e. The molecule has 2 N–H and O–H groups in total. The van der Waals surface area contributed by atoms with Crippen molar-refractivity contribution < 1.29 is 4.79 Å². The topological polar surface area (TPSA) is 68.0 Å². The number of hydrogen-bond acceptors (Lipinski definition) is 4. The van der Waals surface area contributed by atoms with Gasteiger partial charge in [-0.3, -0.25) is 4.79 Å². The number of likely N-dealkylation sites (N-methyl/N-ethyl adjacent to an activating group) is 1. The van der Waals surface area contributed by atoms with Crippen molar-refractivity contribution in [3.05, 3.63) is 59.3 Å². The second-order valence-electron chi connectivity index (χ2n) is 10.3. The number of fused-ring (bicyclic) bond motifs is 1. The molecule has 1 fully saturated rings. The van der Waals surface area contributed by atoms with Gasteiger partial charge in [0.2, 0.25) is 0 Å². The van der Waals surface area contributed by atoms with Crippen LogP contribution in [0.4, 0.5) is 5.69 Å². The van der Waals surface area contributed by atoms with Crippen LogP contribution in [0.15, 0.2) is 42.5 Å². The summed E-state index contributed by atoms with van der Waals surface area (Å²) in [6.07, 6.45) is 1.04. The zero-order valence-corrected chi connectivity index (χ0v) is 21.4. The second kappa shape index (κ2) is 9.34. The summed E-state index contributed by atoms with van der Waals surface area (Å²) in [6.45, 7) is 12.2. The molecular weight excluding hydrogens is 434 g/mol. The fourth-order valence-electron chi connectivity index (χ4n) is 5.19. The number of benzene rings is 2. The average Bonchev–Trinajstić information content (AvgIpc) is 3.40. The summed E-state index contributed by atoms with van der Waals surface area (Å²) >= 11 is 0. The maximum absolute atomic E-state index is 12.7. The van der Waals surface area contributed by atoms with Crippen molar-refractivity contribution in [3.63, 3.8) is 0 Å². The fraction of sp³-hybridized carbons (Fsp3) is 0.379. The minimum atomic E-state index is 0.0553. The van der Waals surface area contributed by atoms with E-state index < -0.39 is 0 Å². The van der Waals surface area contributed by atoms with Crippen molar-refractivity contribution in [1.82, 2.24) is 19.9 Å². The molecule has 0 radical (unpaired) electrons. The number of hydrogen-bond donors (Lipinski definition) is 2. The number of aromatic nitrogens is 3. The molecule has 0 saturated carbocycles. The third-order valence-corrected chi connectivity index (χ3v) is 7.00. The molecule has 182 valence electrons. The van der Waals surface area contributed by atoms with Crippen LogP contribution in [-0.4, -0.2) is 58.9 Å². The molecule has 6 heteroatoms. The number of piperazine rings is 1. The minimum absolute atomic E-state index is 0.0553. The number of carbonyl (C=O) groups excluding carboxylic acids is 1. The molecule has 0 spiro atoms. The van der Waals surface area contributed by atoms with Gasteiger partial charge in [-0.2, -0.15) is 0 Å². The van der Waals surface area contributed by atoms with Gasteiger partial charge in [-0.1, -0.05) is 38.1 Å². The SMILES string of the molecule is CC(=O)c1c(C)[nH]c(-c2nc3ccc(N4CCN(C)CC4)cc3[nH]2)c1-c1ccc(CC(C)C)cc1. The Morgan fingerprint density at radius 3 is 2.40 bits per heavy atom. The number of carbonyl (C=O) groups is 1. The molecule has 2 aromatic carbocycles. The highest BCUT2D eigenvalue weighted by Gasteiger charge is 2.23. The molecule has 1 aliphatic heterocycles. The van der Waals surface area contributed by atoms with Gasteiger partial charge in [0.15, 0.2) is 11.6 Å². The van der Waals surface area contributed by atoms with Gasteiger partial charge in [0.25, 0.3) is 0 Å². The molecular formula is C29H35N5O. The van der Waals surface area contributed by atoms with Crippen LogP contribution in [0.3, 0.4) is 0 Å². The molecule has 0 unspecified atom stereocenters. The Hall–Kier alpha value is -3.38. The highest BCUT2D eigenvalue weighted by Crippen LogP contribution is 2.37. The average molecular weight is 470 g/mol. The molecule has 0 aliphatic carbocycles. The summed E-state index contributed by atoms with van der Waals surface area (Å²) < 4.78 is 0. The number of Topliss-reactive ketones (excluding diaryl/α,β-unsaturated/α-hetero) is 1. The molecule has 0 bridgehead atoms. The van der Waals surface area contributed by atoms with E-state index in [1.807, 2.05) is 6.92 Å². The lowest BCUT2D eigenvalue weighted by atomic mass is 9.95. The van der Waals surface area contributed by atoms with Crippen molar-refractivity contribution >= 4 is 22.5 Å². The van der Waals surface area contributed by atoms with Crippen molar-refractivity contribution in [3.8, 4) is 22.6 Å². The molecule has 3 heterocycles. The van der Waals surface area contributed by atoms with Crippen molar-refractivity contribution in [2.75, 3.05) is 38.1 Å². The van der Waals surface area contributed by atoms with Crippen molar-refractivity contribution in [1.29, 1.82) is 0 Å². The number of anilines is 1. The van der Waals surface area contributed by atoms with Crippen LogP contribution in [0.5, 0.6) is 0 Å². The Bertz CT molecular complexity index is 1350. The van der Waals surface area contributed by atoms with Crippen molar-refractivity contribution in [2.24, 2.45) is 5.92 Å². The van der Waals surface area contributed by atoms with E-state index in [4.69, 9.17) is 4.98 Å². The zero-order valence-electron chi connectivity index (χ0n) is 21.4. The van der Waals surface area contributed by atoms with Crippen LogP contribution in [0, 0.1) is 12.8 Å². The highest BCUT2D eigenvalue weighted by atomic mass is 16.1. The normalized spacial score (nSPS) is 14.9. The van der Waals surface area contributed by atoms with E-state index in [0.717, 1.165) is 77.5 Å². The number of nitrogens with one attached hydrogen (secondary N) is 2. The van der Waals surface area contributed by atoms with E-state index in [1.54, 1.807) is 6.92 Å². The minimum Gasteiger partial charge on any atom is -0.369 e. The van der Waals surface area contributed by atoms with Gasteiger partial charge in [0.1, 0.15) is 0 Å². The molecule has 1 aliphatic rings. The molecule has 1 saturated heterocycles. The lowest BCUT2D eigenvalue weighted by Gasteiger charge is -2.34. The predicted molar refractivity (Wildman–Crippen MR) is 144 cm³/mol. The molecule has 35 heavy (non-hydrogen) atoms. The number of aryl methyl sites for hydroxylation is 1. The number of aromatic amines is 2. The van der Waals surface area contributed by atoms with Gasteiger partial charge in [0, 0.05) is 48.7 Å². The molecule has 5 rings (SSSR count). The Morgan fingerprint density at radius 2 is 1.74 bits per heavy atom. The monoisotopic (exact) mass is 469 g/mol. The third kappa shape index (κ3) is 4.63. The lowest BCUT2D eigenvalue weighted by molar-refractivity contribution is 0.101. The van der Waals surface area contributed by atoms with Gasteiger partial charge in [0.05, 0.1) is 16.7 Å². The van der Waals surface area contributed by atoms with Crippen LogP contribution in [0.1, 0.15) is 42.4 Å². The number of ketones is 1. The largest absolute Gasteiger partial charge is 0.369 e. The number of H-pyrrole nitrogens is 2. The Balaban J connectivity index is 1.56. The summed E-state index contributed by atoms with van der Waals surface area (Å²) in [7, 11) is 2.17. The first-order valence-corrected chi connectivity index (χ1v) is 12.6. The number of rotatable bonds is 6. The van der Waals surface area contributed by atoms with Gasteiger partial charge in [-0.25, -0.2) is 4.98 Å². The summed E-state index contributed by atoms with van der Waals surface area (Å²) in [6, 6.07) is 15.0. The van der Waals surface area contributed by atoms with Crippen molar-refractivity contribution in [2.45, 2.75) is 34.1 Å². The summed E-state index contributed by atoms with van der Waals surface area (Å²) in [5.41, 5.74) is 8.87. The first-order valence-electron chi connectivity index (χ1n) is 12.6. The standard InChI is InChI=1S/C29H35N5O/c1-18(2)16-21-6-8-22(9-7-21)27-26(20(4)35)19(3)30-28(27)29-31-24-11-10-23(17-25(24)32-29)34-14-12-33(5)13-15-34/h6-11,17-18,30H,12-16H2,1-5H3,(H,31,32). The summed E-state index contributed by atoms with van der Waals surface area (Å²) in [5.74, 6) is 1.41. The molecule has 0 amide bonds. The van der Waals surface area contributed by atoms with Crippen LogP contribution < -0.4 is 4.90 Å². The summed E-state index contributed by atoms with van der Waals surface area (Å²) in [4.78, 5) is 29.4. The lowest BCUT2D eigenvalue weighted by Crippen LogP contribution is -2.44. The predicted octanol–water partition coefficient (Wildman–Crippen LogP) is 5.69. The van der Waals surface area contributed by atoms with Gasteiger partial charge in [-0.15, -0.1) is 0 Å². The zero-order chi connectivity index (χ0) is 24.7. The molecule has 2 aromatic heterocycles. The highest BCUT2D eigenvalue weighted by molar-refractivity contribution is 6.05. The molecule has 4 aromatic rings. The quantitative estimate of drug-likeness (QED) is 0.356. The first kappa shape index (κ1) is 23.4. The van der Waals surface area contributed by atoms with E-state index in [2.05, 4.69) is 83.1 Å². The maximum Gasteiger partial charge on any atom is 0.162 e. The van der Waals surface area contributed by atoms with Crippen LogP contribution in [0.25, 0.3) is 33.7 Å². The van der Waals surface area contributed by atoms with E-state index >= 15 is 0 Å². The Morgan fingerprint density at radius 1 is 1.03 bits per heavy atom. The van der Waals surface area contributed by atoms with E-state index in [1.165, 1.54) is 11.3 Å². The fourth-order valence-corrected chi connectivity index (χ4v) is 5.19.